The topological polar surface area (TPSA) is 68.5 Å². The molecule has 5 nitrogen and oxygen atoms in total. The van der Waals surface area contributed by atoms with Crippen molar-refractivity contribution in [2.75, 3.05) is 32.0 Å². The lowest BCUT2D eigenvalue weighted by molar-refractivity contribution is -0.134. The lowest BCUT2D eigenvalue weighted by atomic mass is 10.2. The van der Waals surface area contributed by atoms with E-state index in [-0.39, 0.29) is 5.91 Å². The number of hydrogen-bond donors (Lipinski definition) is 1. The highest BCUT2D eigenvalue weighted by molar-refractivity contribution is 7.13. The Balaban J connectivity index is 1.70. The van der Waals surface area contributed by atoms with Crippen molar-refractivity contribution >= 4 is 22.9 Å². The average Bonchev–Trinajstić information content (AvgIpc) is 2.97. The van der Waals surface area contributed by atoms with Crippen molar-refractivity contribution in [1.29, 1.82) is 0 Å². The standard InChI is InChI=1S/C15H17N3O2S/c16-13-4-2-1-3-12(13)15-17-11(10-21-15)9-14(19)18-5-7-20-8-6-18/h1-4,10H,5-9,16H2. The van der Waals surface area contributed by atoms with Crippen molar-refractivity contribution in [3.63, 3.8) is 0 Å². The Morgan fingerprint density at radius 2 is 2.10 bits per heavy atom. The van der Waals surface area contributed by atoms with Gasteiger partial charge in [-0.15, -0.1) is 11.3 Å². The molecule has 0 unspecified atom stereocenters. The largest absolute Gasteiger partial charge is 0.398 e. The zero-order valence-electron chi connectivity index (χ0n) is 11.6. The molecule has 1 amide bonds. The number of rotatable bonds is 3. The molecule has 0 aliphatic carbocycles. The Morgan fingerprint density at radius 3 is 2.86 bits per heavy atom. The second-order valence-corrected chi connectivity index (χ2v) is 5.76. The lowest BCUT2D eigenvalue weighted by Crippen LogP contribution is -2.41. The maximum absolute atomic E-state index is 12.2. The van der Waals surface area contributed by atoms with Crippen LogP contribution in [0.4, 0.5) is 5.69 Å². The van der Waals surface area contributed by atoms with Crippen LogP contribution in [0.3, 0.4) is 0 Å². The van der Waals surface area contributed by atoms with Crippen LogP contribution in [0.15, 0.2) is 29.6 Å². The van der Waals surface area contributed by atoms with E-state index in [4.69, 9.17) is 10.5 Å². The number of nitrogen functional groups attached to an aromatic ring is 1. The first-order valence-corrected chi connectivity index (χ1v) is 7.77. The Morgan fingerprint density at radius 1 is 1.33 bits per heavy atom. The Kier molecular flexibility index (Phi) is 4.17. The first kappa shape index (κ1) is 14.0. The average molecular weight is 303 g/mol. The van der Waals surface area contributed by atoms with Gasteiger partial charge in [0.2, 0.25) is 5.91 Å². The van der Waals surface area contributed by atoms with Crippen LogP contribution in [0.25, 0.3) is 10.6 Å². The Bertz CT molecular complexity index is 635. The Hall–Kier alpha value is -1.92. The molecule has 1 fully saturated rings. The second-order valence-electron chi connectivity index (χ2n) is 4.90. The molecule has 1 aliphatic heterocycles. The molecule has 1 aliphatic rings. The van der Waals surface area contributed by atoms with E-state index in [2.05, 4.69) is 4.98 Å². The molecule has 110 valence electrons. The van der Waals surface area contributed by atoms with Crippen LogP contribution in [0.1, 0.15) is 5.69 Å². The molecule has 2 N–H and O–H groups in total. The fourth-order valence-electron chi connectivity index (χ4n) is 2.28. The maximum Gasteiger partial charge on any atom is 0.228 e. The van der Waals surface area contributed by atoms with E-state index in [1.807, 2.05) is 34.5 Å². The SMILES string of the molecule is Nc1ccccc1-c1nc(CC(=O)N2CCOCC2)cs1. The molecule has 2 aromatic rings. The molecule has 0 radical (unpaired) electrons. The van der Waals surface area contributed by atoms with Gasteiger partial charge in [-0.25, -0.2) is 4.98 Å². The molecule has 2 heterocycles. The van der Waals surface area contributed by atoms with E-state index < -0.39 is 0 Å². The van der Waals surface area contributed by atoms with Gasteiger partial charge in [0.25, 0.3) is 0 Å². The van der Waals surface area contributed by atoms with E-state index in [1.54, 1.807) is 0 Å². The van der Waals surface area contributed by atoms with Crippen LogP contribution in [-0.4, -0.2) is 42.1 Å². The van der Waals surface area contributed by atoms with E-state index in [9.17, 15) is 4.79 Å². The number of morpholine rings is 1. The van der Waals surface area contributed by atoms with Gasteiger partial charge in [-0.1, -0.05) is 12.1 Å². The number of hydrogen-bond acceptors (Lipinski definition) is 5. The molecule has 0 spiro atoms. The summed E-state index contributed by atoms with van der Waals surface area (Å²) in [5.41, 5.74) is 8.39. The number of ether oxygens (including phenoxy) is 1. The van der Waals surface area contributed by atoms with Crippen molar-refractivity contribution in [3.05, 3.63) is 35.3 Å². The number of carbonyl (C=O) groups is 1. The lowest BCUT2D eigenvalue weighted by Gasteiger charge is -2.26. The highest BCUT2D eigenvalue weighted by Crippen LogP contribution is 2.28. The summed E-state index contributed by atoms with van der Waals surface area (Å²) in [5, 5.41) is 2.79. The monoisotopic (exact) mass is 303 g/mol. The molecule has 0 bridgehead atoms. The quantitative estimate of drug-likeness (QED) is 0.878. The zero-order chi connectivity index (χ0) is 14.7. The molecular weight excluding hydrogens is 286 g/mol. The minimum atomic E-state index is 0.108. The molecule has 1 saturated heterocycles. The molecule has 1 aromatic carbocycles. The Labute approximate surface area is 127 Å². The van der Waals surface area contributed by atoms with Gasteiger partial charge in [-0.3, -0.25) is 4.79 Å². The number of aromatic nitrogens is 1. The van der Waals surface area contributed by atoms with Gasteiger partial charge in [0.1, 0.15) is 5.01 Å². The number of nitrogens with zero attached hydrogens (tertiary/aromatic N) is 2. The number of para-hydroxylation sites is 1. The predicted molar refractivity (Wildman–Crippen MR) is 83.1 cm³/mol. The van der Waals surface area contributed by atoms with Crippen molar-refractivity contribution < 1.29 is 9.53 Å². The molecule has 1 aromatic heterocycles. The molecule has 3 rings (SSSR count). The highest BCUT2D eigenvalue weighted by atomic mass is 32.1. The normalized spacial score (nSPS) is 15.1. The van der Waals surface area contributed by atoms with Crippen LogP contribution in [0.2, 0.25) is 0 Å². The van der Waals surface area contributed by atoms with Gasteiger partial charge >= 0.3 is 0 Å². The first-order valence-electron chi connectivity index (χ1n) is 6.89. The van der Waals surface area contributed by atoms with Gasteiger partial charge < -0.3 is 15.4 Å². The zero-order valence-corrected chi connectivity index (χ0v) is 12.4. The van der Waals surface area contributed by atoms with Crippen molar-refractivity contribution in [2.24, 2.45) is 0 Å². The van der Waals surface area contributed by atoms with E-state index in [1.165, 1.54) is 11.3 Å². The predicted octanol–water partition coefficient (Wildman–Crippen LogP) is 1.79. The van der Waals surface area contributed by atoms with Crippen LogP contribution in [-0.2, 0) is 16.0 Å². The number of benzene rings is 1. The van der Waals surface area contributed by atoms with Crippen molar-refractivity contribution in [2.45, 2.75) is 6.42 Å². The second kappa shape index (κ2) is 6.24. The fourth-order valence-corrected chi connectivity index (χ4v) is 3.15. The maximum atomic E-state index is 12.2. The van der Waals surface area contributed by atoms with Gasteiger partial charge in [0.05, 0.1) is 25.3 Å². The van der Waals surface area contributed by atoms with Gasteiger partial charge in [0.15, 0.2) is 0 Å². The highest BCUT2D eigenvalue weighted by Gasteiger charge is 2.18. The molecule has 0 saturated carbocycles. The summed E-state index contributed by atoms with van der Waals surface area (Å²) in [7, 11) is 0. The summed E-state index contributed by atoms with van der Waals surface area (Å²) < 4.78 is 5.25. The summed E-state index contributed by atoms with van der Waals surface area (Å²) in [5.74, 6) is 0.108. The fraction of sp³-hybridized carbons (Fsp3) is 0.333. The molecule has 0 atom stereocenters. The summed E-state index contributed by atoms with van der Waals surface area (Å²) in [6, 6.07) is 7.64. The van der Waals surface area contributed by atoms with Crippen molar-refractivity contribution in [1.82, 2.24) is 9.88 Å². The van der Waals surface area contributed by atoms with Crippen LogP contribution < -0.4 is 5.73 Å². The minimum absolute atomic E-state index is 0.108. The van der Waals surface area contributed by atoms with Crippen molar-refractivity contribution in [3.8, 4) is 10.6 Å². The number of amides is 1. The summed E-state index contributed by atoms with van der Waals surface area (Å²) in [6.07, 6.45) is 0.337. The number of carbonyl (C=O) groups excluding carboxylic acids is 1. The van der Waals surface area contributed by atoms with Gasteiger partial charge in [0, 0.05) is 29.7 Å². The number of nitrogens with two attached hydrogens (primary N) is 1. The van der Waals surface area contributed by atoms with Crippen LogP contribution in [0, 0.1) is 0 Å². The van der Waals surface area contributed by atoms with Gasteiger partial charge in [-0.2, -0.15) is 0 Å². The first-order chi connectivity index (χ1) is 10.2. The van der Waals surface area contributed by atoms with E-state index in [0.29, 0.717) is 38.4 Å². The van der Waals surface area contributed by atoms with Crippen LogP contribution in [0.5, 0.6) is 0 Å². The number of thiazole rings is 1. The van der Waals surface area contributed by atoms with Crippen LogP contribution >= 0.6 is 11.3 Å². The third-order valence-electron chi connectivity index (χ3n) is 3.44. The minimum Gasteiger partial charge on any atom is -0.398 e. The third kappa shape index (κ3) is 3.22. The van der Waals surface area contributed by atoms with Gasteiger partial charge in [-0.05, 0) is 12.1 Å². The van der Waals surface area contributed by atoms with E-state index >= 15 is 0 Å². The summed E-state index contributed by atoms with van der Waals surface area (Å²) >= 11 is 1.52. The third-order valence-corrected chi connectivity index (χ3v) is 4.36. The summed E-state index contributed by atoms with van der Waals surface area (Å²) in [4.78, 5) is 18.6. The molecule has 6 heteroatoms. The smallest absolute Gasteiger partial charge is 0.228 e. The molecular formula is C15H17N3O2S. The molecule has 21 heavy (non-hydrogen) atoms. The number of anilines is 1. The summed E-state index contributed by atoms with van der Waals surface area (Å²) in [6.45, 7) is 2.58. The van der Waals surface area contributed by atoms with E-state index in [0.717, 1.165) is 16.3 Å².